The highest BCUT2D eigenvalue weighted by atomic mass is 35.5. The molecule has 0 aliphatic heterocycles. The Morgan fingerprint density at radius 2 is 1.15 bits per heavy atom. The standard InChI is InChI=1S/C18H21Cl2O9PS4/c1-3-31-15-9-5-7-13(19)17(15)33(22,23)28-11-26-30(21)27-12-29-34(24,25)18-14(20)8-6-10-16(18)32-4-2/h5-10,30H,3-4,11-12H2,1-2H3. The number of hydrogen-bond donors (Lipinski definition) is 0. The predicted molar refractivity (Wildman–Crippen MR) is 133 cm³/mol. The smallest absolute Gasteiger partial charge is 0.282 e. The van der Waals surface area contributed by atoms with Crippen LogP contribution in [-0.2, 0) is 42.2 Å². The molecule has 2 aromatic rings. The Labute approximate surface area is 218 Å². The van der Waals surface area contributed by atoms with E-state index in [4.69, 9.17) is 40.6 Å². The van der Waals surface area contributed by atoms with Gasteiger partial charge >= 0.3 is 28.5 Å². The summed E-state index contributed by atoms with van der Waals surface area (Å²) >= 11 is 14.5. The molecule has 190 valence electrons. The van der Waals surface area contributed by atoms with E-state index < -0.39 is 42.1 Å². The van der Waals surface area contributed by atoms with Crippen molar-refractivity contribution >= 4 is 75.2 Å². The lowest BCUT2D eigenvalue weighted by molar-refractivity contribution is 0.0752. The lowest BCUT2D eigenvalue weighted by Crippen LogP contribution is -2.11. The highest BCUT2D eigenvalue weighted by molar-refractivity contribution is 8.00. The van der Waals surface area contributed by atoms with E-state index in [0.29, 0.717) is 21.3 Å². The summed E-state index contributed by atoms with van der Waals surface area (Å²) in [4.78, 5) is 0.306. The summed E-state index contributed by atoms with van der Waals surface area (Å²) in [7, 11) is -12.0. The van der Waals surface area contributed by atoms with Crippen LogP contribution in [-0.4, -0.2) is 41.9 Å². The van der Waals surface area contributed by atoms with Crippen molar-refractivity contribution in [2.75, 3.05) is 25.1 Å². The van der Waals surface area contributed by atoms with Gasteiger partial charge in [-0.15, -0.1) is 23.5 Å². The number of halogens is 2. The molecule has 0 unspecified atom stereocenters. The second kappa shape index (κ2) is 13.8. The van der Waals surface area contributed by atoms with Crippen LogP contribution in [0.2, 0.25) is 10.0 Å². The molecule has 0 aliphatic rings. The van der Waals surface area contributed by atoms with E-state index in [-0.39, 0.29) is 19.8 Å². The molecule has 0 fully saturated rings. The molecular weight excluding hydrogens is 590 g/mol. The number of hydrogen-bond acceptors (Lipinski definition) is 11. The molecule has 9 nitrogen and oxygen atoms in total. The van der Waals surface area contributed by atoms with E-state index in [9.17, 15) is 21.4 Å². The molecule has 34 heavy (non-hydrogen) atoms. The second-order valence-corrected chi connectivity index (χ2v) is 13.5. The first kappa shape index (κ1) is 29.9. The van der Waals surface area contributed by atoms with E-state index in [1.54, 1.807) is 24.3 Å². The van der Waals surface area contributed by atoms with Crippen LogP contribution >= 0.6 is 55.0 Å². The Balaban J connectivity index is 1.93. The topological polar surface area (TPSA) is 122 Å². The van der Waals surface area contributed by atoms with Crippen LogP contribution < -0.4 is 0 Å². The van der Waals surface area contributed by atoms with Gasteiger partial charge < -0.3 is 0 Å². The average Bonchev–Trinajstić information content (AvgIpc) is 2.73. The minimum Gasteiger partial charge on any atom is -0.282 e. The minimum absolute atomic E-state index is 0.0406. The maximum absolute atomic E-state index is 12.5. The normalized spacial score (nSPS) is 12.4. The molecule has 0 aromatic heterocycles. The lowest BCUT2D eigenvalue weighted by Gasteiger charge is -2.12. The van der Waals surface area contributed by atoms with Gasteiger partial charge in [-0.05, 0) is 35.8 Å². The summed E-state index contributed by atoms with van der Waals surface area (Å²) in [5.41, 5.74) is 0. The van der Waals surface area contributed by atoms with Crippen molar-refractivity contribution in [1.82, 2.24) is 0 Å². The Kier molecular flexibility index (Phi) is 12.2. The molecule has 0 amide bonds. The maximum atomic E-state index is 12.5. The van der Waals surface area contributed by atoms with Gasteiger partial charge in [0.1, 0.15) is 9.79 Å². The van der Waals surface area contributed by atoms with Crippen molar-refractivity contribution in [2.24, 2.45) is 0 Å². The molecule has 0 aliphatic carbocycles. The van der Waals surface area contributed by atoms with Gasteiger partial charge in [-0.1, -0.05) is 49.2 Å². The molecule has 0 spiro atoms. The lowest BCUT2D eigenvalue weighted by atomic mass is 10.4. The quantitative estimate of drug-likeness (QED) is 0.114. The zero-order chi connectivity index (χ0) is 25.4. The van der Waals surface area contributed by atoms with Crippen molar-refractivity contribution in [3.63, 3.8) is 0 Å². The highest BCUT2D eigenvalue weighted by Crippen LogP contribution is 2.35. The second-order valence-electron chi connectivity index (χ2n) is 5.92. The first-order valence-corrected chi connectivity index (χ1v) is 16.2. The van der Waals surface area contributed by atoms with Crippen LogP contribution in [0.3, 0.4) is 0 Å². The summed E-state index contributed by atoms with van der Waals surface area (Å²) in [6.07, 6.45) is 0. The largest absolute Gasteiger partial charge is 0.323 e. The van der Waals surface area contributed by atoms with E-state index in [0.717, 1.165) is 0 Å². The fourth-order valence-corrected chi connectivity index (χ4v) is 8.27. The monoisotopic (exact) mass is 610 g/mol. The van der Waals surface area contributed by atoms with Crippen LogP contribution in [0, 0.1) is 0 Å². The molecule has 0 saturated heterocycles. The van der Waals surface area contributed by atoms with Crippen LogP contribution in [0.5, 0.6) is 0 Å². The summed E-state index contributed by atoms with van der Waals surface area (Å²) in [5.74, 6) is 1.19. The fraction of sp³-hybridized carbons (Fsp3) is 0.333. The first-order chi connectivity index (χ1) is 16.0. The SMILES string of the molecule is CCSc1cccc(Cl)c1S(=O)(=O)OCO[PH](=O)OCOS(=O)(=O)c1c(Cl)cccc1SCC. The third kappa shape index (κ3) is 8.38. The average molecular weight is 612 g/mol. The molecule has 0 N–H and O–H groups in total. The molecule has 0 heterocycles. The fourth-order valence-electron chi connectivity index (χ4n) is 2.43. The first-order valence-electron chi connectivity index (χ1n) is 9.44. The van der Waals surface area contributed by atoms with Crippen molar-refractivity contribution in [3.05, 3.63) is 46.4 Å². The van der Waals surface area contributed by atoms with Gasteiger partial charge in [0.2, 0.25) is 0 Å². The van der Waals surface area contributed by atoms with E-state index in [1.165, 1.54) is 35.7 Å². The Hall–Kier alpha value is -0.310. The summed E-state index contributed by atoms with van der Waals surface area (Å²) in [6.45, 7) is 1.78. The summed E-state index contributed by atoms with van der Waals surface area (Å²) in [6, 6.07) is 9.14. The third-order valence-electron chi connectivity index (χ3n) is 3.72. The molecule has 0 atom stereocenters. The van der Waals surface area contributed by atoms with Crippen molar-refractivity contribution in [1.29, 1.82) is 0 Å². The number of thioether (sulfide) groups is 2. The molecule has 2 aromatic carbocycles. The van der Waals surface area contributed by atoms with Gasteiger partial charge in [0.15, 0.2) is 13.6 Å². The highest BCUT2D eigenvalue weighted by Gasteiger charge is 2.25. The molecule has 0 radical (unpaired) electrons. The maximum Gasteiger partial charge on any atom is 0.323 e. The van der Waals surface area contributed by atoms with Crippen LogP contribution in [0.15, 0.2) is 56.0 Å². The van der Waals surface area contributed by atoms with E-state index in [1.807, 2.05) is 13.8 Å². The van der Waals surface area contributed by atoms with Gasteiger partial charge in [-0.25, -0.2) is 8.37 Å². The molecule has 16 heteroatoms. The van der Waals surface area contributed by atoms with Crippen LogP contribution in [0.25, 0.3) is 0 Å². The summed E-state index contributed by atoms with van der Waals surface area (Å²) in [5, 5.41) is -0.0812. The van der Waals surface area contributed by atoms with Crippen LogP contribution in [0.4, 0.5) is 0 Å². The predicted octanol–water partition coefficient (Wildman–Crippen LogP) is 5.67. The molecule has 2 rings (SSSR count). The van der Waals surface area contributed by atoms with Gasteiger partial charge in [0.25, 0.3) is 0 Å². The Morgan fingerprint density at radius 3 is 1.50 bits per heavy atom. The minimum atomic E-state index is -4.33. The molecule has 0 saturated carbocycles. The van der Waals surface area contributed by atoms with E-state index >= 15 is 0 Å². The van der Waals surface area contributed by atoms with E-state index in [2.05, 4.69) is 0 Å². The van der Waals surface area contributed by atoms with Crippen molar-refractivity contribution < 1.29 is 38.8 Å². The van der Waals surface area contributed by atoms with Crippen molar-refractivity contribution in [2.45, 2.75) is 33.4 Å². The van der Waals surface area contributed by atoms with Gasteiger partial charge in [-0.2, -0.15) is 16.8 Å². The third-order valence-corrected chi connectivity index (χ3v) is 10.1. The molecular formula is C18H21Cl2O9PS4. The summed E-state index contributed by atoms with van der Waals surface area (Å²) < 4.78 is 80.8. The zero-order valence-corrected chi connectivity index (χ0v) is 23.6. The van der Waals surface area contributed by atoms with Crippen LogP contribution in [0.1, 0.15) is 13.8 Å². The molecule has 0 bridgehead atoms. The Bertz CT molecular complexity index is 1130. The number of benzene rings is 2. The van der Waals surface area contributed by atoms with Gasteiger partial charge in [0, 0.05) is 9.79 Å². The van der Waals surface area contributed by atoms with Crippen molar-refractivity contribution in [3.8, 4) is 0 Å². The number of rotatable bonds is 14. The van der Waals surface area contributed by atoms with Gasteiger partial charge in [0.05, 0.1) is 10.0 Å². The van der Waals surface area contributed by atoms with Gasteiger partial charge in [-0.3, -0.25) is 13.6 Å². The zero-order valence-electron chi connectivity index (χ0n) is 17.9. The Morgan fingerprint density at radius 1 is 0.765 bits per heavy atom.